The van der Waals surface area contributed by atoms with Crippen molar-refractivity contribution in [3.8, 4) is 0 Å². The summed E-state index contributed by atoms with van der Waals surface area (Å²) in [7, 11) is 5.91. The van der Waals surface area contributed by atoms with E-state index in [2.05, 4.69) is 36.1 Å². The van der Waals surface area contributed by atoms with Crippen molar-refractivity contribution in [2.24, 2.45) is 0 Å². The standard InChI is InChI=1S/C12H27N3OS/c1-5-15(10-7-9-14(2)3)12(17)13-8-6-11-16-4/h5-11H2,1-4H3,(H,13,17). The van der Waals surface area contributed by atoms with Crippen LogP contribution >= 0.6 is 12.2 Å². The first-order valence-corrected chi connectivity index (χ1v) is 6.69. The molecule has 0 aliphatic heterocycles. The summed E-state index contributed by atoms with van der Waals surface area (Å²) in [6.45, 7) is 6.88. The van der Waals surface area contributed by atoms with Crippen molar-refractivity contribution in [1.29, 1.82) is 0 Å². The first-order chi connectivity index (χ1) is 8.11. The van der Waals surface area contributed by atoms with Crippen molar-refractivity contribution in [1.82, 2.24) is 15.1 Å². The number of nitrogens with zero attached hydrogens (tertiary/aromatic N) is 2. The zero-order valence-corrected chi connectivity index (χ0v) is 12.5. The third-order valence-corrected chi connectivity index (χ3v) is 2.91. The molecule has 0 aromatic heterocycles. The second-order valence-electron chi connectivity index (χ2n) is 4.31. The van der Waals surface area contributed by atoms with Gasteiger partial charge in [0, 0.05) is 33.4 Å². The lowest BCUT2D eigenvalue weighted by atomic mass is 10.3. The Bertz CT molecular complexity index is 200. The van der Waals surface area contributed by atoms with Gasteiger partial charge in [-0.15, -0.1) is 0 Å². The Hall–Kier alpha value is -0.390. The van der Waals surface area contributed by atoms with E-state index in [-0.39, 0.29) is 0 Å². The first kappa shape index (κ1) is 16.6. The zero-order valence-electron chi connectivity index (χ0n) is 11.7. The molecule has 0 radical (unpaired) electrons. The van der Waals surface area contributed by atoms with Gasteiger partial charge in [-0.1, -0.05) is 0 Å². The molecule has 0 saturated heterocycles. The Kier molecular flexibility index (Phi) is 10.5. The molecule has 0 fully saturated rings. The molecule has 0 aromatic carbocycles. The van der Waals surface area contributed by atoms with Crippen molar-refractivity contribution in [2.75, 3.05) is 54.0 Å². The Morgan fingerprint density at radius 3 is 2.47 bits per heavy atom. The highest BCUT2D eigenvalue weighted by atomic mass is 32.1. The van der Waals surface area contributed by atoms with Crippen LogP contribution in [0, 0.1) is 0 Å². The highest BCUT2D eigenvalue weighted by molar-refractivity contribution is 7.80. The van der Waals surface area contributed by atoms with Gasteiger partial charge in [-0.25, -0.2) is 0 Å². The summed E-state index contributed by atoms with van der Waals surface area (Å²) in [4.78, 5) is 4.41. The highest BCUT2D eigenvalue weighted by Gasteiger charge is 2.06. The van der Waals surface area contributed by atoms with E-state index in [9.17, 15) is 0 Å². The molecule has 0 bridgehead atoms. The van der Waals surface area contributed by atoms with E-state index in [1.165, 1.54) is 0 Å². The number of hydrogen-bond acceptors (Lipinski definition) is 3. The van der Waals surface area contributed by atoms with Gasteiger partial charge in [-0.05, 0) is 52.6 Å². The predicted molar refractivity (Wildman–Crippen MR) is 77.5 cm³/mol. The lowest BCUT2D eigenvalue weighted by molar-refractivity contribution is 0.195. The van der Waals surface area contributed by atoms with Crippen molar-refractivity contribution in [3.05, 3.63) is 0 Å². The fourth-order valence-corrected chi connectivity index (χ4v) is 1.83. The molecular formula is C12H27N3OS. The minimum absolute atomic E-state index is 0.780. The number of ether oxygens (including phenoxy) is 1. The maximum atomic E-state index is 5.36. The lowest BCUT2D eigenvalue weighted by Gasteiger charge is -2.25. The molecular weight excluding hydrogens is 234 g/mol. The molecule has 1 N–H and O–H groups in total. The molecule has 5 heteroatoms. The van der Waals surface area contributed by atoms with Crippen LogP contribution in [0.1, 0.15) is 19.8 Å². The quantitative estimate of drug-likeness (QED) is 0.497. The minimum atomic E-state index is 0.780. The molecule has 0 rings (SSSR count). The van der Waals surface area contributed by atoms with Crippen molar-refractivity contribution in [2.45, 2.75) is 19.8 Å². The van der Waals surface area contributed by atoms with Gasteiger partial charge in [-0.3, -0.25) is 0 Å². The monoisotopic (exact) mass is 261 g/mol. The van der Waals surface area contributed by atoms with Gasteiger partial charge in [0.1, 0.15) is 0 Å². The van der Waals surface area contributed by atoms with Crippen LogP contribution < -0.4 is 5.32 Å². The molecule has 0 unspecified atom stereocenters. The second-order valence-corrected chi connectivity index (χ2v) is 4.70. The molecule has 0 heterocycles. The van der Waals surface area contributed by atoms with E-state index < -0.39 is 0 Å². The average molecular weight is 261 g/mol. The maximum Gasteiger partial charge on any atom is 0.168 e. The van der Waals surface area contributed by atoms with Crippen molar-refractivity contribution < 1.29 is 4.74 Å². The fourth-order valence-electron chi connectivity index (χ4n) is 1.50. The molecule has 0 amide bonds. The molecule has 17 heavy (non-hydrogen) atoms. The molecule has 0 aromatic rings. The number of hydrogen-bond donors (Lipinski definition) is 1. The zero-order chi connectivity index (χ0) is 13.1. The Labute approximate surface area is 111 Å². The van der Waals surface area contributed by atoms with Gasteiger partial charge >= 0.3 is 0 Å². The lowest BCUT2D eigenvalue weighted by Crippen LogP contribution is -2.41. The fraction of sp³-hybridized carbons (Fsp3) is 0.917. The normalized spacial score (nSPS) is 10.6. The van der Waals surface area contributed by atoms with Crippen LogP contribution in [0.2, 0.25) is 0 Å². The van der Waals surface area contributed by atoms with Crippen LogP contribution in [-0.4, -0.2) is 68.9 Å². The third kappa shape index (κ3) is 9.32. The van der Waals surface area contributed by atoms with Gasteiger partial charge in [0.25, 0.3) is 0 Å². The average Bonchev–Trinajstić information content (AvgIpc) is 2.29. The summed E-state index contributed by atoms with van der Waals surface area (Å²) < 4.78 is 5.00. The smallest absolute Gasteiger partial charge is 0.168 e. The van der Waals surface area contributed by atoms with E-state index in [4.69, 9.17) is 17.0 Å². The SMILES string of the molecule is CCN(CCCN(C)C)C(=S)NCCCOC. The van der Waals surface area contributed by atoms with Crippen LogP contribution in [0.25, 0.3) is 0 Å². The Morgan fingerprint density at radius 2 is 1.94 bits per heavy atom. The number of thiocarbonyl (C=S) groups is 1. The number of methoxy groups -OCH3 is 1. The summed E-state index contributed by atoms with van der Waals surface area (Å²) in [6.07, 6.45) is 2.13. The highest BCUT2D eigenvalue weighted by Crippen LogP contribution is 1.94. The minimum Gasteiger partial charge on any atom is -0.385 e. The maximum absolute atomic E-state index is 5.36. The van der Waals surface area contributed by atoms with Crippen LogP contribution in [-0.2, 0) is 4.74 Å². The van der Waals surface area contributed by atoms with Gasteiger partial charge in [-0.2, -0.15) is 0 Å². The summed E-state index contributed by atoms with van der Waals surface area (Å²) in [5, 5.41) is 4.13. The van der Waals surface area contributed by atoms with E-state index in [1.807, 2.05) is 0 Å². The molecule has 0 saturated carbocycles. The summed E-state index contributed by atoms with van der Waals surface area (Å²) >= 11 is 5.36. The van der Waals surface area contributed by atoms with E-state index >= 15 is 0 Å². The van der Waals surface area contributed by atoms with E-state index in [0.29, 0.717) is 0 Å². The van der Waals surface area contributed by atoms with Crippen LogP contribution in [0.4, 0.5) is 0 Å². The van der Waals surface area contributed by atoms with E-state index in [0.717, 1.165) is 50.7 Å². The van der Waals surface area contributed by atoms with Crippen LogP contribution in [0.15, 0.2) is 0 Å². The van der Waals surface area contributed by atoms with E-state index in [1.54, 1.807) is 7.11 Å². The summed E-state index contributed by atoms with van der Waals surface area (Å²) in [6, 6.07) is 0. The molecule has 4 nitrogen and oxygen atoms in total. The third-order valence-electron chi connectivity index (χ3n) is 2.50. The summed E-state index contributed by atoms with van der Waals surface area (Å²) in [5.41, 5.74) is 0. The summed E-state index contributed by atoms with van der Waals surface area (Å²) in [5.74, 6) is 0. The molecule has 102 valence electrons. The molecule has 0 aliphatic rings. The molecule has 0 spiro atoms. The largest absolute Gasteiger partial charge is 0.385 e. The Morgan fingerprint density at radius 1 is 1.24 bits per heavy atom. The van der Waals surface area contributed by atoms with Crippen molar-refractivity contribution in [3.63, 3.8) is 0 Å². The van der Waals surface area contributed by atoms with Gasteiger partial charge in [0.2, 0.25) is 0 Å². The second kappa shape index (κ2) is 10.7. The van der Waals surface area contributed by atoms with Gasteiger partial charge < -0.3 is 19.9 Å². The van der Waals surface area contributed by atoms with Gasteiger partial charge in [0.15, 0.2) is 5.11 Å². The predicted octanol–water partition coefficient (Wildman–Crippen LogP) is 1.17. The Balaban J connectivity index is 3.71. The van der Waals surface area contributed by atoms with Crippen LogP contribution in [0.5, 0.6) is 0 Å². The molecule has 0 atom stereocenters. The number of rotatable bonds is 9. The number of nitrogens with one attached hydrogen (secondary N) is 1. The van der Waals surface area contributed by atoms with Crippen molar-refractivity contribution >= 4 is 17.3 Å². The van der Waals surface area contributed by atoms with Crippen LogP contribution in [0.3, 0.4) is 0 Å². The topological polar surface area (TPSA) is 27.7 Å². The molecule has 0 aliphatic carbocycles. The van der Waals surface area contributed by atoms with Gasteiger partial charge in [0.05, 0.1) is 0 Å². The first-order valence-electron chi connectivity index (χ1n) is 6.28.